The van der Waals surface area contributed by atoms with Crippen molar-refractivity contribution in [2.45, 2.75) is 12.8 Å². The number of thiocarbonyl (C=S) groups is 1. The molecule has 0 radical (unpaired) electrons. The Morgan fingerprint density at radius 3 is 2.67 bits per heavy atom. The molecule has 3 aromatic rings. The third kappa shape index (κ3) is 6.22. The first kappa shape index (κ1) is 23.9. The standard InChI is InChI=1S/C23H17Cl2N3O2S3/c24-16-7-5-14(6-8-16)11-19-21(30)28(23(31)33-19)10-9-20(29)27-22-26-13-17(32-22)12-15-3-1-2-4-18(15)25/h1-8,11,13H,9-10,12H2,(H,26,27,29)/b19-11-. The number of hydrogen-bond acceptors (Lipinski definition) is 6. The van der Waals surface area contributed by atoms with Crippen LogP contribution < -0.4 is 5.32 Å². The lowest BCUT2D eigenvalue weighted by Gasteiger charge is -2.13. The van der Waals surface area contributed by atoms with Crippen LogP contribution in [-0.2, 0) is 16.0 Å². The molecule has 1 aliphatic heterocycles. The van der Waals surface area contributed by atoms with Crippen LogP contribution in [0.15, 0.2) is 59.6 Å². The molecule has 0 atom stereocenters. The molecule has 1 saturated heterocycles. The van der Waals surface area contributed by atoms with E-state index in [0.29, 0.717) is 30.8 Å². The number of nitrogens with zero attached hydrogens (tertiary/aromatic N) is 2. The van der Waals surface area contributed by atoms with Crippen molar-refractivity contribution in [2.75, 3.05) is 11.9 Å². The van der Waals surface area contributed by atoms with Gasteiger partial charge in [-0.05, 0) is 35.4 Å². The average Bonchev–Trinajstić information content (AvgIpc) is 3.33. The monoisotopic (exact) mass is 533 g/mol. The third-order valence-electron chi connectivity index (χ3n) is 4.73. The second-order valence-electron chi connectivity index (χ2n) is 7.08. The van der Waals surface area contributed by atoms with Gasteiger partial charge in [-0.2, -0.15) is 0 Å². The van der Waals surface area contributed by atoms with Crippen molar-refractivity contribution in [3.8, 4) is 0 Å². The number of hydrogen-bond donors (Lipinski definition) is 1. The Balaban J connectivity index is 1.31. The Morgan fingerprint density at radius 1 is 1.15 bits per heavy atom. The van der Waals surface area contributed by atoms with Crippen LogP contribution in [0.5, 0.6) is 0 Å². The van der Waals surface area contributed by atoms with Gasteiger partial charge in [0.05, 0.1) is 4.91 Å². The van der Waals surface area contributed by atoms with Gasteiger partial charge in [0.2, 0.25) is 5.91 Å². The summed E-state index contributed by atoms with van der Waals surface area (Å²) in [6.07, 6.45) is 4.25. The van der Waals surface area contributed by atoms with Gasteiger partial charge in [0.25, 0.3) is 5.91 Å². The van der Waals surface area contributed by atoms with Crippen LogP contribution in [0.3, 0.4) is 0 Å². The molecule has 168 valence electrons. The summed E-state index contributed by atoms with van der Waals surface area (Å²) < 4.78 is 0.435. The Hall–Kier alpha value is -2.23. The maximum absolute atomic E-state index is 12.7. The van der Waals surface area contributed by atoms with Crippen LogP contribution >= 0.6 is 58.5 Å². The fraction of sp³-hybridized carbons (Fsp3) is 0.130. The summed E-state index contributed by atoms with van der Waals surface area (Å²) in [5, 5.41) is 4.63. The minimum absolute atomic E-state index is 0.111. The lowest BCUT2D eigenvalue weighted by atomic mass is 10.1. The van der Waals surface area contributed by atoms with E-state index >= 15 is 0 Å². The zero-order chi connectivity index (χ0) is 23.4. The Bertz CT molecular complexity index is 1240. The van der Waals surface area contributed by atoms with Gasteiger partial charge in [0.1, 0.15) is 4.32 Å². The fourth-order valence-electron chi connectivity index (χ4n) is 3.07. The maximum atomic E-state index is 12.7. The van der Waals surface area contributed by atoms with E-state index in [1.807, 2.05) is 36.4 Å². The van der Waals surface area contributed by atoms with Crippen LogP contribution in [-0.4, -0.2) is 32.6 Å². The zero-order valence-electron chi connectivity index (χ0n) is 17.1. The highest BCUT2D eigenvalue weighted by atomic mass is 35.5. The number of anilines is 1. The summed E-state index contributed by atoms with van der Waals surface area (Å²) in [4.78, 5) is 32.4. The van der Waals surface area contributed by atoms with Gasteiger partial charge in [-0.25, -0.2) is 4.98 Å². The van der Waals surface area contributed by atoms with E-state index in [9.17, 15) is 9.59 Å². The Labute approximate surface area is 214 Å². The Kier molecular flexibility index (Phi) is 7.82. The van der Waals surface area contributed by atoms with Crippen molar-refractivity contribution in [1.29, 1.82) is 0 Å². The molecule has 1 N–H and O–H groups in total. The van der Waals surface area contributed by atoms with E-state index in [-0.39, 0.29) is 24.8 Å². The first-order chi connectivity index (χ1) is 15.9. The highest BCUT2D eigenvalue weighted by molar-refractivity contribution is 8.26. The maximum Gasteiger partial charge on any atom is 0.266 e. The largest absolute Gasteiger partial charge is 0.302 e. The molecular weight excluding hydrogens is 517 g/mol. The molecular formula is C23H17Cl2N3O2S3. The number of nitrogens with one attached hydrogen (secondary N) is 1. The second kappa shape index (κ2) is 10.8. The fourth-order valence-corrected chi connectivity index (χ4v) is 5.56. The number of aromatic nitrogens is 1. The molecule has 0 aliphatic carbocycles. The summed E-state index contributed by atoms with van der Waals surface area (Å²) in [7, 11) is 0. The van der Waals surface area contributed by atoms with Crippen LogP contribution in [0.2, 0.25) is 10.0 Å². The molecule has 4 rings (SSSR count). The van der Waals surface area contributed by atoms with E-state index in [1.54, 1.807) is 24.4 Å². The first-order valence-corrected chi connectivity index (χ1v) is 12.7. The van der Waals surface area contributed by atoms with Gasteiger partial charge in [-0.3, -0.25) is 14.5 Å². The zero-order valence-corrected chi connectivity index (χ0v) is 21.0. The van der Waals surface area contributed by atoms with E-state index in [2.05, 4.69) is 10.3 Å². The Morgan fingerprint density at radius 2 is 1.91 bits per heavy atom. The molecule has 2 amide bonds. The number of halogens is 2. The smallest absolute Gasteiger partial charge is 0.266 e. The molecule has 33 heavy (non-hydrogen) atoms. The number of carbonyl (C=O) groups excluding carboxylic acids is 2. The lowest BCUT2D eigenvalue weighted by Crippen LogP contribution is -2.31. The summed E-state index contributed by atoms with van der Waals surface area (Å²) in [6.45, 7) is 0.201. The molecule has 1 aliphatic rings. The first-order valence-electron chi connectivity index (χ1n) is 9.88. The van der Waals surface area contributed by atoms with Gasteiger partial charge in [-0.1, -0.05) is 77.5 Å². The highest BCUT2D eigenvalue weighted by Crippen LogP contribution is 2.33. The highest BCUT2D eigenvalue weighted by Gasteiger charge is 2.32. The van der Waals surface area contributed by atoms with Gasteiger partial charge in [-0.15, -0.1) is 11.3 Å². The van der Waals surface area contributed by atoms with Gasteiger partial charge >= 0.3 is 0 Å². The van der Waals surface area contributed by atoms with Crippen LogP contribution in [0.25, 0.3) is 6.08 Å². The van der Waals surface area contributed by atoms with E-state index in [1.165, 1.54) is 28.0 Å². The molecule has 0 unspecified atom stereocenters. The molecule has 0 saturated carbocycles. The van der Waals surface area contributed by atoms with Crippen molar-refractivity contribution in [2.24, 2.45) is 0 Å². The van der Waals surface area contributed by atoms with E-state index in [0.717, 1.165) is 16.0 Å². The number of carbonyl (C=O) groups is 2. The molecule has 1 fully saturated rings. The third-order valence-corrected chi connectivity index (χ3v) is 7.64. The minimum Gasteiger partial charge on any atom is -0.302 e. The van der Waals surface area contributed by atoms with Crippen molar-refractivity contribution < 1.29 is 9.59 Å². The average molecular weight is 535 g/mol. The number of rotatable bonds is 7. The van der Waals surface area contributed by atoms with Crippen LogP contribution in [0, 0.1) is 0 Å². The summed E-state index contributed by atoms with van der Waals surface area (Å²) in [6, 6.07) is 14.8. The minimum atomic E-state index is -0.232. The van der Waals surface area contributed by atoms with Crippen molar-refractivity contribution in [1.82, 2.24) is 9.88 Å². The predicted molar refractivity (Wildman–Crippen MR) is 141 cm³/mol. The predicted octanol–water partition coefficient (Wildman–Crippen LogP) is 6.27. The number of amides is 2. The molecule has 2 heterocycles. The summed E-state index contributed by atoms with van der Waals surface area (Å²) in [5.74, 6) is -0.437. The number of benzene rings is 2. The summed E-state index contributed by atoms with van der Waals surface area (Å²) in [5.41, 5.74) is 1.86. The van der Waals surface area contributed by atoms with Gasteiger partial charge in [0, 0.05) is 40.5 Å². The molecule has 2 aromatic carbocycles. The van der Waals surface area contributed by atoms with Crippen molar-refractivity contribution in [3.63, 3.8) is 0 Å². The molecule has 0 bridgehead atoms. The van der Waals surface area contributed by atoms with Gasteiger partial charge in [0.15, 0.2) is 5.13 Å². The van der Waals surface area contributed by atoms with Crippen molar-refractivity contribution in [3.05, 3.63) is 85.7 Å². The quantitative estimate of drug-likeness (QED) is 0.286. The van der Waals surface area contributed by atoms with Crippen molar-refractivity contribution >= 4 is 85.9 Å². The molecule has 5 nitrogen and oxygen atoms in total. The van der Waals surface area contributed by atoms with Gasteiger partial charge < -0.3 is 5.32 Å². The lowest BCUT2D eigenvalue weighted by molar-refractivity contribution is -0.122. The number of thiazole rings is 1. The molecule has 10 heteroatoms. The SMILES string of the molecule is O=C(CCN1C(=O)/C(=C/c2ccc(Cl)cc2)SC1=S)Nc1ncc(Cc2ccccc2Cl)s1. The number of thioether (sulfide) groups is 1. The van der Waals surface area contributed by atoms with E-state index in [4.69, 9.17) is 35.4 Å². The molecule has 0 spiro atoms. The van der Waals surface area contributed by atoms with E-state index < -0.39 is 0 Å². The second-order valence-corrected chi connectivity index (χ2v) is 10.7. The molecule has 1 aromatic heterocycles. The normalized spacial score (nSPS) is 14.8. The summed E-state index contributed by atoms with van der Waals surface area (Å²) >= 11 is 20.1. The topological polar surface area (TPSA) is 62.3 Å². The van der Waals surface area contributed by atoms with Crippen LogP contribution in [0.4, 0.5) is 5.13 Å². The van der Waals surface area contributed by atoms with Crippen LogP contribution in [0.1, 0.15) is 22.4 Å².